The summed E-state index contributed by atoms with van der Waals surface area (Å²) in [5.74, 6) is 6.01. The van der Waals surface area contributed by atoms with Crippen LogP contribution in [0.4, 0.5) is 10.6 Å². The highest BCUT2D eigenvalue weighted by Gasteiger charge is 2.48. The molecule has 0 unspecified atom stereocenters. The van der Waals surface area contributed by atoms with Gasteiger partial charge in [0.25, 0.3) is 11.8 Å². The Kier molecular flexibility index (Phi) is 5.97. The van der Waals surface area contributed by atoms with E-state index in [1.165, 1.54) is 12.0 Å². The van der Waals surface area contributed by atoms with Crippen LogP contribution in [0.1, 0.15) is 21.5 Å². The Bertz CT molecular complexity index is 1500. The minimum Gasteiger partial charge on any atom is -0.497 e. The fourth-order valence-electron chi connectivity index (χ4n) is 4.54. The summed E-state index contributed by atoms with van der Waals surface area (Å²) in [4.78, 5) is 41.7. The van der Waals surface area contributed by atoms with Crippen LogP contribution in [-0.2, 0) is 17.9 Å². The zero-order valence-corrected chi connectivity index (χ0v) is 20.8. The topological polar surface area (TPSA) is 135 Å². The number of nitrogens with zero attached hydrogens (tertiary/aromatic N) is 4. The number of ether oxygens (including phenoxy) is 1. The fraction of sp³-hybridized carbons (Fsp3) is 0.308. The first-order valence-corrected chi connectivity index (χ1v) is 11.7. The molecule has 4 amide bonds. The van der Waals surface area contributed by atoms with Gasteiger partial charge in [-0.2, -0.15) is 5.10 Å². The third kappa shape index (κ3) is 4.43. The molecule has 1 aromatic heterocycles. The van der Waals surface area contributed by atoms with Crippen molar-refractivity contribution in [3.8, 4) is 17.6 Å². The third-order valence-corrected chi connectivity index (χ3v) is 6.52. The quantitative estimate of drug-likeness (QED) is 0.336. The number of nitrogens with two attached hydrogens (primary N) is 1. The van der Waals surface area contributed by atoms with Crippen molar-refractivity contribution >= 4 is 34.6 Å². The van der Waals surface area contributed by atoms with E-state index in [9.17, 15) is 14.4 Å². The number of rotatable bonds is 6. The molecular formula is C26H27N7O4. The van der Waals surface area contributed by atoms with Crippen LogP contribution in [0.15, 0.2) is 36.4 Å². The lowest BCUT2D eigenvalue weighted by Gasteiger charge is -2.26. The van der Waals surface area contributed by atoms with Crippen LogP contribution in [0.25, 0.3) is 10.9 Å². The fourth-order valence-corrected chi connectivity index (χ4v) is 4.54. The van der Waals surface area contributed by atoms with Crippen molar-refractivity contribution in [3.63, 3.8) is 0 Å². The summed E-state index contributed by atoms with van der Waals surface area (Å²) in [7, 11) is 5.51. The number of fused-ring (bicyclic) bond motifs is 2. The molecule has 1 fully saturated rings. The van der Waals surface area contributed by atoms with Gasteiger partial charge in [-0.05, 0) is 50.0 Å². The molecule has 3 heterocycles. The molecule has 0 spiro atoms. The molecule has 4 N–H and O–H groups in total. The van der Waals surface area contributed by atoms with Gasteiger partial charge >= 0.3 is 6.03 Å². The highest BCUT2D eigenvalue weighted by molar-refractivity contribution is 6.10. The molecule has 2 aliphatic rings. The van der Waals surface area contributed by atoms with Crippen molar-refractivity contribution < 1.29 is 19.1 Å². The lowest BCUT2D eigenvalue weighted by Crippen LogP contribution is -2.54. The summed E-state index contributed by atoms with van der Waals surface area (Å²) < 4.78 is 7.08. The van der Waals surface area contributed by atoms with Crippen LogP contribution in [0.5, 0.6) is 5.75 Å². The summed E-state index contributed by atoms with van der Waals surface area (Å²) >= 11 is 0. The Morgan fingerprint density at radius 2 is 2.00 bits per heavy atom. The minimum absolute atomic E-state index is 0.111. The average molecular weight is 502 g/mol. The van der Waals surface area contributed by atoms with Gasteiger partial charge in [0.1, 0.15) is 5.75 Å². The maximum atomic E-state index is 13.1. The summed E-state index contributed by atoms with van der Waals surface area (Å²) in [6, 6.07) is 10.1. The lowest BCUT2D eigenvalue weighted by atomic mass is 9.99. The molecule has 2 aliphatic heterocycles. The first-order valence-electron chi connectivity index (χ1n) is 11.7. The predicted molar refractivity (Wildman–Crippen MR) is 137 cm³/mol. The van der Waals surface area contributed by atoms with Crippen LogP contribution < -0.4 is 21.1 Å². The van der Waals surface area contributed by atoms with E-state index in [0.717, 1.165) is 23.0 Å². The Labute approximate surface area is 213 Å². The Morgan fingerprint density at radius 1 is 1.19 bits per heavy atom. The maximum Gasteiger partial charge on any atom is 0.323 e. The van der Waals surface area contributed by atoms with Crippen LogP contribution in [0.2, 0.25) is 0 Å². The van der Waals surface area contributed by atoms with E-state index in [1.54, 1.807) is 12.1 Å². The zero-order valence-electron chi connectivity index (χ0n) is 20.8. The van der Waals surface area contributed by atoms with Crippen molar-refractivity contribution in [1.29, 1.82) is 0 Å². The highest BCUT2D eigenvalue weighted by atomic mass is 16.5. The van der Waals surface area contributed by atoms with Gasteiger partial charge in [0.2, 0.25) is 5.54 Å². The van der Waals surface area contributed by atoms with Gasteiger partial charge in [0, 0.05) is 29.6 Å². The number of hydrogen-bond acceptors (Lipinski definition) is 7. The molecule has 5 rings (SSSR count). The number of nitrogens with one attached hydrogen (secondary N) is 2. The Balaban J connectivity index is 1.44. The largest absolute Gasteiger partial charge is 0.497 e. The van der Waals surface area contributed by atoms with Crippen molar-refractivity contribution in [3.05, 3.63) is 53.1 Å². The summed E-state index contributed by atoms with van der Waals surface area (Å²) in [5.41, 5.74) is 7.34. The molecule has 2 aromatic carbocycles. The van der Waals surface area contributed by atoms with Gasteiger partial charge in [-0.3, -0.25) is 19.6 Å². The number of hydrogen-bond donors (Lipinski definition) is 3. The van der Waals surface area contributed by atoms with Gasteiger partial charge in [-0.1, -0.05) is 17.9 Å². The number of benzene rings is 2. The SMILES string of the molecule is COc1ccc2c(c1)C(=O)N(C[C@@]1(C#Cc3ccc4c(c3)c(N)nn4CCN(C)C)NC(=O)NC1=O)C2. The molecule has 190 valence electrons. The molecule has 11 heteroatoms. The van der Waals surface area contributed by atoms with Crippen molar-refractivity contribution in [2.75, 3.05) is 40.0 Å². The molecule has 37 heavy (non-hydrogen) atoms. The zero-order chi connectivity index (χ0) is 26.3. The molecule has 0 bridgehead atoms. The number of aromatic nitrogens is 2. The number of anilines is 1. The Hall–Kier alpha value is -4.56. The van der Waals surface area contributed by atoms with Gasteiger partial charge in [0.05, 0.1) is 25.7 Å². The average Bonchev–Trinajstić information content (AvgIpc) is 3.46. The van der Waals surface area contributed by atoms with E-state index in [-0.39, 0.29) is 12.5 Å². The van der Waals surface area contributed by atoms with E-state index in [2.05, 4.69) is 32.5 Å². The molecule has 11 nitrogen and oxygen atoms in total. The van der Waals surface area contributed by atoms with Gasteiger partial charge in [-0.25, -0.2) is 4.79 Å². The molecule has 1 saturated heterocycles. The molecular weight excluding hydrogens is 474 g/mol. The summed E-state index contributed by atoms with van der Waals surface area (Å²) in [6.45, 7) is 1.67. The second-order valence-corrected chi connectivity index (χ2v) is 9.39. The van der Waals surface area contributed by atoms with E-state index in [4.69, 9.17) is 10.5 Å². The van der Waals surface area contributed by atoms with E-state index in [1.807, 2.05) is 43.0 Å². The van der Waals surface area contributed by atoms with E-state index in [0.29, 0.717) is 35.8 Å². The maximum absolute atomic E-state index is 13.1. The highest BCUT2D eigenvalue weighted by Crippen LogP contribution is 2.29. The standard InChI is InChI=1S/C26H27N7O4/c1-31(2)10-11-33-21-7-4-16(12-20(21)22(27)30-33)8-9-26(24(35)28-25(36)29-26)15-32-14-17-5-6-18(37-3)13-19(17)23(32)34/h4-7,12-13H,10-11,14-15H2,1-3H3,(H2,27,30)(H2,28,29,35,36)/t26-/m1/s1. The van der Waals surface area contributed by atoms with Crippen LogP contribution in [0, 0.1) is 11.8 Å². The predicted octanol–water partition coefficient (Wildman–Crippen LogP) is 0.774. The van der Waals surface area contributed by atoms with Crippen molar-refractivity contribution in [1.82, 2.24) is 30.2 Å². The molecule has 0 radical (unpaired) electrons. The van der Waals surface area contributed by atoms with Crippen LogP contribution in [-0.4, -0.2) is 77.3 Å². The number of likely N-dealkylation sites (N-methyl/N-ethyl adjacent to an activating group) is 1. The van der Waals surface area contributed by atoms with E-state index < -0.39 is 17.5 Å². The summed E-state index contributed by atoms with van der Waals surface area (Å²) in [5, 5.41) is 10.1. The summed E-state index contributed by atoms with van der Waals surface area (Å²) in [6.07, 6.45) is 0. The normalized spacial score (nSPS) is 18.6. The van der Waals surface area contributed by atoms with Crippen molar-refractivity contribution in [2.45, 2.75) is 18.6 Å². The number of carbonyl (C=O) groups excluding carboxylic acids is 3. The number of carbonyl (C=O) groups is 3. The van der Waals surface area contributed by atoms with Crippen LogP contribution in [0.3, 0.4) is 0 Å². The minimum atomic E-state index is -1.60. The number of amides is 4. The molecule has 0 aliphatic carbocycles. The molecule has 0 saturated carbocycles. The molecule has 1 atom stereocenters. The third-order valence-electron chi connectivity index (χ3n) is 6.52. The van der Waals surface area contributed by atoms with Gasteiger partial charge < -0.3 is 25.6 Å². The van der Waals surface area contributed by atoms with Gasteiger partial charge in [0.15, 0.2) is 5.82 Å². The van der Waals surface area contributed by atoms with Gasteiger partial charge in [-0.15, -0.1) is 0 Å². The first kappa shape index (κ1) is 24.1. The number of methoxy groups -OCH3 is 1. The molecule has 3 aromatic rings. The van der Waals surface area contributed by atoms with Crippen LogP contribution >= 0.6 is 0 Å². The second-order valence-electron chi connectivity index (χ2n) is 9.39. The smallest absolute Gasteiger partial charge is 0.323 e. The van der Waals surface area contributed by atoms with E-state index >= 15 is 0 Å². The number of imide groups is 1. The Morgan fingerprint density at radius 3 is 2.70 bits per heavy atom. The first-order chi connectivity index (χ1) is 17.7. The number of nitrogen functional groups attached to an aromatic ring is 1. The number of urea groups is 1. The monoisotopic (exact) mass is 501 g/mol. The second kappa shape index (κ2) is 9.15. The van der Waals surface area contributed by atoms with Crippen molar-refractivity contribution in [2.24, 2.45) is 0 Å². The lowest BCUT2D eigenvalue weighted by molar-refractivity contribution is -0.122.